The van der Waals surface area contributed by atoms with E-state index in [9.17, 15) is 0 Å². The third-order valence-corrected chi connectivity index (χ3v) is 1.67. The molecule has 1 aromatic heterocycles. The Balaban J connectivity index is 2.36. The van der Waals surface area contributed by atoms with E-state index >= 15 is 0 Å². The molecule has 1 N–H and O–H groups in total. The molecule has 0 saturated carbocycles. The van der Waals surface area contributed by atoms with Crippen molar-refractivity contribution >= 4 is 0 Å². The van der Waals surface area contributed by atoms with Gasteiger partial charge < -0.3 is 5.32 Å². The Bertz CT molecular complexity index is 303. The van der Waals surface area contributed by atoms with Gasteiger partial charge in [0.05, 0.1) is 12.2 Å². The van der Waals surface area contributed by atoms with Crippen molar-refractivity contribution in [3.8, 4) is 11.8 Å². The molecule has 68 valence electrons. The predicted octanol–water partition coefficient (Wildman–Crippen LogP) is 1.50. The highest BCUT2D eigenvalue weighted by Gasteiger charge is 1.91. The predicted molar refractivity (Wildman–Crippen MR) is 54.1 cm³/mol. The molecule has 0 spiro atoms. The molecule has 0 aliphatic rings. The molecule has 0 aromatic carbocycles. The standard InChI is InChI=1S/C11H14N2/c1-3-4-7-12-9-11-6-5-10(2)8-13-11/h5-6,8,12H,7,9H2,1-2H3. The van der Waals surface area contributed by atoms with Crippen LogP contribution in [0.25, 0.3) is 0 Å². The third kappa shape index (κ3) is 3.73. The molecule has 2 heteroatoms. The van der Waals surface area contributed by atoms with Gasteiger partial charge in [-0.25, -0.2) is 0 Å². The monoisotopic (exact) mass is 174 g/mol. The average molecular weight is 174 g/mol. The lowest BCUT2D eigenvalue weighted by Gasteiger charge is -2.00. The normalized spacial score (nSPS) is 9.08. The largest absolute Gasteiger partial charge is 0.301 e. The maximum absolute atomic E-state index is 4.27. The third-order valence-electron chi connectivity index (χ3n) is 1.67. The smallest absolute Gasteiger partial charge is 0.0579 e. The minimum absolute atomic E-state index is 0.728. The molecule has 13 heavy (non-hydrogen) atoms. The Kier molecular flexibility index (Phi) is 4.01. The molecule has 0 saturated heterocycles. The van der Waals surface area contributed by atoms with Crippen molar-refractivity contribution in [1.82, 2.24) is 10.3 Å². The molecule has 0 amide bonds. The van der Waals surface area contributed by atoms with Crippen LogP contribution in [-0.2, 0) is 6.54 Å². The van der Waals surface area contributed by atoms with E-state index in [0.29, 0.717) is 0 Å². The van der Waals surface area contributed by atoms with Gasteiger partial charge in [0.2, 0.25) is 0 Å². The summed E-state index contributed by atoms with van der Waals surface area (Å²) in [6.45, 7) is 5.39. The zero-order valence-corrected chi connectivity index (χ0v) is 8.09. The van der Waals surface area contributed by atoms with Crippen molar-refractivity contribution in [2.45, 2.75) is 20.4 Å². The van der Waals surface area contributed by atoms with Crippen molar-refractivity contribution in [3.63, 3.8) is 0 Å². The lowest BCUT2D eigenvalue weighted by atomic mass is 10.3. The van der Waals surface area contributed by atoms with Crippen LogP contribution in [0, 0.1) is 18.8 Å². The highest BCUT2D eigenvalue weighted by Crippen LogP contribution is 1.97. The van der Waals surface area contributed by atoms with Crippen molar-refractivity contribution < 1.29 is 0 Å². The number of nitrogens with zero attached hydrogens (tertiary/aromatic N) is 1. The lowest BCUT2D eigenvalue weighted by Crippen LogP contribution is -2.14. The van der Waals surface area contributed by atoms with Crippen LogP contribution < -0.4 is 5.32 Å². The summed E-state index contributed by atoms with van der Waals surface area (Å²) in [6, 6.07) is 4.09. The van der Waals surface area contributed by atoms with Gasteiger partial charge in [-0.2, -0.15) is 0 Å². The van der Waals surface area contributed by atoms with E-state index in [1.165, 1.54) is 5.56 Å². The highest BCUT2D eigenvalue weighted by molar-refractivity contribution is 5.12. The van der Waals surface area contributed by atoms with Gasteiger partial charge in [0.25, 0.3) is 0 Å². The highest BCUT2D eigenvalue weighted by atomic mass is 14.9. The van der Waals surface area contributed by atoms with Crippen LogP contribution >= 0.6 is 0 Å². The number of hydrogen-bond acceptors (Lipinski definition) is 2. The number of rotatable bonds is 3. The Hall–Kier alpha value is -1.33. The molecule has 0 aliphatic carbocycles. The van der Waals surface area contributed by atoms with Gasteiger partial charge in [-0.05, 0) is 25.5 Å². The number of hydrogen-bond donors (Lipinski definition) is 1. The molecule has 0 radical (unpaired) electrons. The Morgan fingerprint density at radius 2 is 2.31 bits per heavy atom. The number of nitrogens with one attached hydrogen (secondary N) is 1. The van der Waals surface area contributed by atoms with Gasteiger partial charge in [-0.3, -0.25) is 4.98 Å². The zero-order chi connectivity index (χ0) is 9.52. The zero-order valence-electron chi connectivity index (χ0n) is 8.09. The summed E-state index contributed by atoms with van der Waals surface area (Å²) in [4.78, 5) is 4.27. The summed E-state index contributed by atoms with van der Waals surface area (Å²) in [7, 11) is 0. The van der Waals surface area contributed by atoms with Crippen LogP contribution in [0.15, 0.2) is 18.3 Å². The molecule has 0 bridgehead atoms. The number of aryl methyl sites for hydroxylation is 1. The van der Waals surface area contributed by atoms with E-state index in [-0.39, 0.29) is 0 Å². The number of pyridine rings is 1. The Morgan fingerprint density at radius 3 is 2.92 bits per heavy atom. The van der Waals surface area contributed by atoms with Gasteiger partial charge >= 0.3 is 0 Å². The summed E-state index contributed by atoms with van der Waals surface area (Å²) < 4.78 is 0. The van der Waals surface area contributed by atoms with E-state index in [0.717, 1.165) is 18.8 Å². The fourth-order valence-electron chi connectivity index (χ4n) is 0.944. The van der Waals surface area contributed by atoms with Crippen LogP contribution in [0.5, 0.6) is 0 Å². The summed E-state index contributed by atoms with van der Waals surface area (Å²) >= 11 is 0. The van der Waals surface area contributed by atoms with Gasteiger partial charge in [-0.1, -0.05) is 12.0 Å². The first kappa shape index (κ1) is 9.76. The fraction of sp³-hybridized carbons (Fsp3) is 0.364. The summed E-state index contributed by atoms with van der Waals surface area (Å²) in [5.74, 6) is 5.77. The molecule has 0 unspecified atom stereocenters. The van der Waals surface area contributed by atoms with Crippen LogP contribution in [0.4, 0.5) is 0 Å². The second-order valence-corrected chi connectivity index (χ2v) is 2.86. The Morgan fingerprint density at radius 1 is 1.46 bits per heavy atom. The molecule has 0 aliphatic heterocycles. The lowest BCUT2D eigenvalue weighted by molar-refractivity contribution is 0.748. The second-order valence-electron chi connectivity index (χ2n) is 2.86. The first-order chi connectivity index (χ1) is 6.33. The first-order valence-corrected chi connectivity index (χ1v) is 4.35. The van der Waals surface area contributed by atoms with Crippen molar-refractivity contribution in [3.05, 3.63) is 29.6 Å². The Labute approximate surface area is 79.4 Å². The average Bonchev–Trinajstić information content (AvgIpc) is 2.15. The number of aromatic nitrogens is 1. The van der Waals surface area contributed by atoms with Gasteiger partial charge in [0.15, 0.2) is 0 Å². The molecule has 2 nitrogen and oxygen atoms in total. The summed E-state index contributed by atoms with van der Waals surface area (Å²) in [5, 5.41) is 3.19. The van der Waals surface area contributed by atoms with E-state index < -0.39 is 0 Å². The van der Waals surface area contributed by atoms with Crippen molar-refractivity contribution in [2.24, 2.45) is 0 Å². The molecule has 0 atom stereocenters. The van der Waals surface area contributed by atoms with Gasteiger partial charge in [0, 0.05) is 12.7 Å². The topological polar surface area (TPSA) is 24.9 Å². The van der Waals surface area contributed by atoms with E-state index in [1.54, 1.807) is 0 Å². The maximum atomic E-state index is 4.27. The minimum atomic E-state index is 0.728. The van der Waals surface area contributed by atoms with E-state index in [1.807, 2.05) is 26.1 Å². The molecule has 0 fully saturated rings. The van der Waals surface area contributed by atoms with Gasteiger partial charge in [-0.15, -0.1) is 5.92 Å². The summed E-state index contributed by atoms with van der Waals surface area (Å²) in [5.41, 5.74) is 2.25. The first-order valence-electron chi connectivity index (χ1n) is 4.35. The molecule has 1 aromatic rings. The van der Waals surface area contributed by atoms with Crippen LogP contribution in [0.1, 0.15) is 18.2 Å². The van der Waals surface area contributed by atoms with Crippen LogP contribution in [0.3, 0.4) is 0 Å². The SMILES string of the molecule is CC#CCNCc1ccc(C)cn1. The van der Waals surface area contributed by atoms with Gasteiger partial charge in [0.1, 0.15) is 0 Å². The van der Waals surface area contributed by atoms with Crippen molar-refractivity contribution in [1.29, 1.82) is 0 Å². The fourth-order valence-corrected chi connectivity index (χ4v) is 0.944. The van der Waals surface area contributed by atoms with E-state index in [4.69, 9.17) is 0 Å². The molecule has 1 rings (SSSR count). The molecule has 1 heterocycles. The minimum Gasteiger partial charge on any atom is -0.301 e. The molecular formula is C11H14N2. The maximum Gasteiger partial charge on any atom is 0.0579 e. The van der Waals surface area contributed by atoms with Crippen LogP contribution in [-0.4, -0.2) is 11.5 Å². The molecular weight excluding hydrogens is 160 g/mol. The van der Waals surface area contributed by atoms with Crippen molar-refractivity contribution in [2.75, 3.05) is 6.54 Å². The quantitative estimate of drug-likeness (QED) is 0.555. The van der Waals surface area contributed by atoms with Crippen LogP contribution in [0.2, 0.25) is 0 Å². The van der Waals surface area contributed by atoms with E-state index in [2.05, 4.69) is 28.2 Å². The summed E-state index contributed by atoms with van der Waals surface area (Å²) in [6.07, 6.45) is 1.88. The second kappa shape index (κ2) is 5.34.